The van der Waals surface area contributed by atoms with Crippen LogP contribution in [0.2, 0.25) is 0 Å². The zero-order valence-corrected chi connectivity index (χ0v) is 7.97. The molecule has 2 aromatic rings. The molecule has 0 spiro atoms. The molecule has 6 heteroatoms. The highest BCUT2D eigenvalue weighted by Crippen LogP contribution is 2.11. The molecular formula is C9H8N4O2. The summed E-state index contributed by atoms with van der Waals surface area (Å²) in [7, 11) is 1.31. The highest BCUT2D eigenvalue weighted by atomic mass is 16.5. The van der Waals surface area contributed by atoms with E-state index < -0.39 is 5.97 Å². The molecule has 0 unspecified atom stereocenters. The molecule has 0 saturated heterocycles. The van der Waals surface area contributed by atoms with Gasteiger partial charge in [-0.25, -0.2) is 14.8 Å². The topological polar surface area (TPSA) is 80.8 Å². The molecule has 2 heterocycles. The van der Waals surface area contributed by atoms with E-state index >= 15 is 0 Å². The van der Waals surface area contributed by atoms with Crippen LogP contribution in [0.4, 0.5) is 0 Å². The second kappa shape index (κ2) is 3.87. The average Bonchev–Trinajstić information content (AvgIpc) is 2.78. The van der Waals surface area contributed by atoms with Crippen LogP contribution in [0.25, 0.3) is 11.5 Å². The van der Waals surface area contributed by atoms with Crippen molar-refractivity contribution in [1.82, 2.24) is 20.2 Å². The number of nitrogens with one attached hydrogen (secondary N) is 1. The van der Waals surface area contributed by atoms with Crippen LogP contribution in [-0.2, 0) is 4.74 Å². The standard InChI is InChI=1S/C9H8N4O2/c1-15-9(14)7-5-6(12-13-7)8-10-3-2-4-11-8/h2-5H,1H3,(H,12,13). The van der Waals surface area contributed by atoms with Crippen molar-refractivity contribution in [2.24, 2.45) is 0 Å². The maximum absolute atomic E-state index is 11.1. The first-order valence-electron chi connectivity index (χ1n) is 4.22. The van der Waals surface area contributed by atoms with E-state index in [0.29, 0.717) is 11.5 Å². The monoisotopic (exact) mass is 204 g/mol. The Kier molecular flexibility index (Phi) is 2.40. The zero-order valence-electron chi connectivity index (χ0n) is 7.97. The van der Waals surface area contributed by atoms with Crippen LogP contribution in [0.3, 0.4) is 0 Å². The summed E-state index contributed by atoms with van der Waals surface area (Å²) in [5.74, 6) is -0.00594. The van der Waals surface area contributed by atoms with Gasteiger partial charge in [-0.1, -0.05) is 0 Å². The summed E-state index contributed by atoms with van der Waals surface area (Å²) in [6.45, 7) is 0. The van der Waals surface area contributed by atoms with E-state index in [0.717, 1.165) is 0 Å². The van der Waals surface area contributed by atoms with Gasteiger partial charge in [-0.2, -0.15) is 5.10 Å². The SMILES string of the molecule is COC(=O)c1cc(-c2ncccn2)n[nH]1. The molecule has 0 aromatic carbocycles. The number of ether oxygens (including phenoxy) is 1. The number of nitrogens with zero attached hydrogens (tertiary/aromatic N) is 3. The van der Waals surface area contributed by atoms with E-state index in [1.807, 2.05) is 0 Å². The number of aromatic nitrogens is 4. The lowest BCUT2D eigenvalue weighted by molar-refractivity contribution is 0.0594. The predicted molar refractivity (Wildman–Crippen MR) is 51.0 cm³/mol. The minimum absolute atomic E-state index is 0.278. The number of esters is 1. The van der Waals surface area contributed by atoms with Gasteiger partial charge < -0.3 is 4.74 Å². The smallest absolute Gasteiger partial charge is 0.356 e. The van der Waals surface area contributed by atoms with Gasteiger partial charge in [0.15, 0.2) is 5.82 Å². The van der Waals surface area contributed by atoms with Gasteiger partial charge in [0.25, 0.3) is 0 Å². The highest BCUT2D eigenvalue weighted by Gasteiger charge is 2.11. The van der Waals surface area contributed by atoms with Crippen molar-refractivity contribution in [2.45, 2.75) is 0 Å². The molecule has 6 nitrogen and oxygen atoms in total. The van der Waals surface area contributed by atoms with E-state index in [-0.39, 0.29) is 5.69 Å². The highest BCUT2D eigenvalue weighted by molar-refractivity contribution is 5.88. The van der Waals surface area contributed by atoms with Gasteiger partial charge >= 0.3 is 5.97 Å². The average molecular weight is 204 g/mol. The molecule has 0 fully saturated rings. The van der Waals surface area contributed by atoms with Gasteiger partial charge in [-0.15, -0.1) is 0 Å². The number of carbonyl (C=O) groups is 1. The third kappa shape index (κ3) is 1.83. The molecule has 2 aromatic heterocycles. The lowest BCUT2D eigenvalue weighted by Gasteiger charge is -1.91. The second-order valence-electron chi connectivity index (χ2n) is 2.73. The summed E-state index contributed by atoms with van der Waals surface area (Å²) in [5, 5.41) is 6.46. The van der Waals surface area contributed by atoms with Crippen LogP contribution >= 0.6 is 0 Å². The first-order chi connectivity index (χ1) is 7.31. The Labute approximate surface area is 85.3 Å². The molecule has 1 N–H and O–H groups in total. The minimum Gasteiger partial charge on any atom is -0.464 e. The first kappa shape index (κ1) is 9.32. The van der Waals surface area contributed by atoms with Gasteiger partial charge in [-0.05, 0) is 6.07 Å². The van der Waals surface area contributed by atoms with Gasteiger partial charge in [0.2, 0.25) is 0 Å². The molecule has 0 radical (unpaired) electrons. The largest absolute Gasteiger partial charge is 0.464 e. The van der Waals surface area contributed by atoms with E-state index in [4.69, 9.17) is 0 Å². The molecule has 0 amide bonds. The molecule has 0 atom stereocenters. The van der Waals surface area contributed by atoms with Gasteiger partial charge in [0.05, 0.1) is 7.11 Å². The van der Waals surface area contributed by atoms with Crippen molar-refractivity contribution in [3.8, 4) is 11.5 Å². The van der Waals surface area contributed by atoms with Crippen LogP contribution in [-0.4, -0.2) is 33.2 Å². The van der Waals surface area contributed by atoms with E-state index in [1.54, 1.807) is 24.5 Å². The summed E-state index contributed by atoms with van der Waals surface area (Å²) >= 11 is 0. The quantitative estimate of drug-likeness (QED) is 0.726. The number of hydrogen-bond acceptors (Lipinski definition) is 5. The summed E-state index contributed by atoms with van der Waals surface area (Å²) in [6, 6.07) is 3.25. The molecule has 0 aliphatic rings. The van der Waals surface area contributed by atoms with Crippen LogP contribution in [0.15, 0.2) is 24.5 Å². The normalized spacial score (nSPS) is 9.93. The number of methoxy groups -OCH3 is 1. The molecule has 0 aliphatic heterocycles. The summed E-state index contributed by atoms with van der Waals surface area (Å²) in [4.78, 5) is 19.1. The number of aromatic amines is 1. The Morgan fingerprint density at radius 2 is 2.13 bits per heavy atom. The van der Waals surface area contributed by atoms with Crippen molar-refractivity contribution in [3.63, 3.8) is 0 Å². The lowest BCUT2D eigenvalue weighted by atomic mass is 10.3. The third-order valence-electron chi connectivity index (χ3n) is 1.78. The molecule has 15 heavy (non-hydrogen) atoms. The van der Waals surface area contributed by atoms with Crippen LogP contribution < -0.4 is 0 Å². The van der Waals surface area contributed by atoms with E-state index in [2.05, 4.69) is 24.9 Å². The fraction of sp³-hybridized carbons (Fsp3) is 0.111. The number of hydrogen-bond donors (Lipinski definition) is 1. The van der Waals surface area contributed by atoms with Crippen molar-refractivity contribution in [3.05, 3.63) is 30.2 Å². The Balaban J connectivity index is 2.32. The van der Waals surface area contributed by atoms with E-state index in [9.17, 15) is 4.79 Å². The molecule has 0 saturated carbocycles. The Morgan fingerprint density at radius 3 is 2.80 bits per heavy atom. The number of rotatable bonds is 2. The van der Waals surface area contributed by atoms with Crippen LogP contribution in [0.5, 0.6) is 0 Å². The summed E-state index contributed by atoms with van der Waals surface area (Å²) in [5.41, 5.74) is 0.788. The van der Waals surface area contributed by atoms with Gasteiger partial charge in [-0.3, -0.25) is 5.10 Å². The minimum atomic E-state index is -0.468. The first-order valence-corrected chi connectivity index (χ1v) is 4.22. The number of carbonyl (C=O) groups excluding carboxylic acids is 1. The van der Waals surface area contributed by atoms with Crippen LogP contribution in [0.1, 0.15) is 10.5 Å². The van der Waals surface area contributed by atoms with Crippen molar-refractivity contribution in [1.29, 1.82) is 0 Å². The molecule has 2 rings (SSSR count). The van der Waals surface area contributed by atoms with Crippen molar-refractivity contribution < 1.29 is 9.53 Å². The maximum Gasteiger partial charge on any atom is 0.356 e. The summed E-state index contributed by atoms with van der Waals surface area (Å²) < 4.78 is 4.53. The maximum atomic E-state index is 11.1. The third-order valence-corrected chi connectivity index (χ3v) is 1.78. The Morgan fingerprint density at radius 1 is 1.40 bits per heavy atom. The molecule has 0 bridgehead atoms. The predicted octanol–water partition coefficient (Wildman–Crippen LogP) is 0.653. The summed E-state index contributed by atoms with van der Waals surface area (Å²) in [6.07, 6.45) is 3.21. The van der Waals surface area contributed by atoms with E-state index in [1.165, 1.54) is 7.11 Å². The Hall–Kier alpha value is -2.24. The van der Waals surface area contributed by atoms with Gasteiger partial charge in [0, 0.05) is 18.5 Å². The van der Waals surface area contributed by atoms with Gasteiger partial charge in [0.1, 0.15) is 11.4 Å². The zero-order chi connectivity index (χ0) is 10.7. The van der Waals surface area contributed by atoms with Crippen LogP contribution in [0, 0.1) is 0 Å². The molecule has 0 aliphatic carbocycles. The second-order valence-corrected chi connectivity index (χ2v) is 2.73. The lowest BCUT2D eigenvalue weighted by Crippen LogP contribution is -2.00. The fourth-order valence-corrected chi connectivity index (χ4v) is 1.08. The Bertz CT molecular complexity index is 466. The number of H-pyrrole nitrogens is 1. The molecule has 76 valence electrons. The van der Waals surface area contributed by atoms with Crippen molar-refractivity contribution in [2.75, 3.05) is 7.11 Å². The van der Waals surface area contributed by atoms with Crippen molar-refractivity contribution >= 4 is 5.97 Å². The fourth-order valence-electron chi connectivity index (χ4n) is 1.08. The molecular weight excluding hydrogens is 196 g/mol.